The highest BCUT2D eigenvalue weighted by atomic mass is 16.6. The minimum atomic E-state index is -2.46. The molecule has 4 aliphatic rings. The van der Waals surface area contributed by atoms with Crippen molar-refractivity contribution in [1.82, 2.24) is 4.90 Å². The van der Waals surface area contributed by atoms with Crippen LogP contribution in [-0.2, 0) is 63.6 Å². The number of azide groups is 1. The lowest BCUT2D eigenvalue weighted by Gasteiger charge is -2.42. The zero-order chi connectivity index (χ0) is 56.6. The third-order valence-corrected chi connectivity index (χ3v) is 16.2. The molecule has 1 aromatic rings. The number of esters is 2. The molecule has 2 saturated heterocycles. The molecule has 77 heavy (non-hydrogen) atoms. The van der Waals surface area contributed by atoms with Crippen molar-refractivity contribution in [3.05, 3.63) is 87.9 Å². The first-order chi connectivity index (χ1) is 36.6. The van der Waals surface area contributed by atoms with Crippen LogP contribution in [0.15, 0.2) is 77.0 Å². The van der Waals surface area contributed by atoms with E-state index in [0.29, 0.717) is 74.6 Å². The first-order valence-corrected chi connectivity index (χ1v) is 27.5. The number of allylic oxidation sites excluding steroid dienone is 6. The van der Waals surface area contributed by atoms with Crippen LogP contribution in [0.5, 0.6) is 0 Å². The van der Waals surface area contributed by atoms with E-state index in [4.69, 9.17) is 34.0 Å². The fraction of sp³-hybridized carbons (Fsp3) is 0.661. The van der Waals surface area contributed by atoms with Gasteiger partial charge in [-0.3, -0.25) is 24.0 Å². The van der Waals surface area contributed by atoms with E-state index < -0.39 is 95.8 Å². The normalized spacial score (nSPS) is 35.7. The topological polar surface area (TPSA) is 250 Å². The van der Waals surface area contributed by atoms with Crippen LogP contribution in [-0.4, -0.2) is 133 Å². The smallest absolute Gasteiger partial charge is 0.329 e. The number of hydrogen-bond donors (Lipinski definition) is 2. The van der Waals surface area contributed by atoms with Crippen LogP contribution < -0.4 is 0 Å². The molecule has 3 heterocycles. The molecule has 424 valence electrons. The highest BCUT2D eigenvalue weighted by Gasteiger charge is 2.53. The van der Waals surface area contributed by atoms with E-state index in [2.05, 4.69) is 10.0 Å². The van der Waals surface area contributed by atoms with Gasteiger partial charge < -0.3 is 43.5 Å². The van der Waals surface area contributed by atoms with Crippen LogP contribution in [0.1, 0.15) is 131 Å². The summed E-state index contributed by atoms with van der Waals surface area (Å²) in [5, 5.41) is 26.2. The number of carbonyl (C=O) groups excluding carboxylic acids is 6. The van der Waals surface area contributed by atoms with E-state index in [9.17, 15) is 39.0 Å². The third-order valence-electron chi connectivity index (χ3n) is 16.2. The summed E-state index contributed by atoms with van der Waals surface area (Å²) >= 11 is 0. The third kappa shape index (κ3) is 17.1. The standard InChI is InChI=1S/C59H84N4O14/c1-35-16-12-11-13-17-36(2)49(72-8)33-45-25-19-41(7)59(71,77-45)56(68)57(69)63-27-15-14-18-46(63)58(70)75-50(38(4)30-43-22-26-47(64)51(31-43)73-9)34-48(65)37(3)29-40(6)54(55(74-10)53(67)39(5)28-35)76-52(66)32-42-20-23-44(24-21-42)61-62-60/h11-13,16-17,20-21,23-24,29,35,37-39,41,43,45-47,49-51,54-55,64,71H,14-15,18-19,22,25-28,30-34H2,1-10H3/b13-11+,16-12+,36-17+,40-29+/t35-,37-,38-,39-,41-,43+,45+,46+,47-,49+,50+,51-,54-,55+,59-/m1/s1. The average Bonchev–Trinajstić information content (AvgIpc) is 3.40. The predicted molar refractivity (Wildman–Crippen MR) is 288 cm³/mol. The van der Waals surface area contributed by atoms with Gasteiger partial charge in [0.1, 0.15) is 17.9 Å². The van der Waals surface area contributed by atoms with E-state index in [-0.39, 0.29) is 61.7 Å². The van der Waals surface area contributed by atoms with E-state index in [1.165, 1.54) is 12.0 Å². The molecule has 0 aromatic heterocycles. The second kappa shape index (κ2) is 29.6. The molecule has 1 aromatic carbocycles. The molecule has 5 rings (SSSR count). The maximum Gasteiger partial charge on any atom is 0.329 e. The Labute approximate surface area is 454 Å². The molecule has 15 atom stereocenters. The van der Waals surface area contributed by atoms with Crippen LogP contribution in [0.3, 0.4) is 0 Å². The summed E-state index contributed by atoms with van der Waals surface area (Å²) in [6.45, 7) is 12.6. The number of nitrogens with zero attached hydrogens (tertiary/aromatic N) is 4. The number of piperidine rings is 1. The van der Waals surface area contributed by atoms with Gasteiger partial charge in [0.2, 0.25) is 5.79 Å². The Hall–Kier alpha value is -5.33. The van der Waals surface area contributed by atoms with E-state index in [0.717, 1.165) is 5.57 Å². The van der Waals surface area contributed by atoms with Gasteiger partial charge in [-0.25, -0.2) is 4.79 Å². The van der Waals surface area contributed by atoms with Gasteiger partial charge in [0.05, 0.1) is 30.8 Å². The van der Waals surface area contributed by atoms with E-state index in [1.807, 2.05) is 51.2 Å². The van der Waals surface area contributed by atoms with Crippen molar-refractivity contribution >= 4 is 40.9 Å². The molecule has 18 nitrogen and oxygen atoms in total. The predicted octanol–water partition coefficient (Wildman–Crippen LogP) is 8.92. The number of cyclic esters (lactones) is 1. The number of hydrogen-bond acceptors (Lipinski definition) is 15. The molecule has 3 fully saturated rings. The summed E-state index contributed by atoms with van der Waals surface area (Å²) < 4.78 is 36.0. The Morgan fingerprint density at radius 1 is 0.883 bits per heavy atom. The van der Waals surface area contributed by atoms with Crippen LogP contribution in [0.2, 0.25) is 0 Å². The second-order valence-electron chi connectivity index (χ2n) is 22.1. The van der Waals surface area contributed by atoms with E-state index in [1.54, 1.807) is 72.3 Å². The lowest BCUT2D eigenvalue weighted by atomic mass is 9.78. The Kier molecular flexibility index (Phi) is 24.0. The molecule has 1 aliphatic carbocycles. The maximum absolute atomic E-state index is 14.6. The number of rotatable bonds is 10. The maximum atomic E-state index is 14.6. The van der Waals surface area contributed by atoms with Crippen LogP contribution in [0, 0.1) is 35.5 Å². The molecule has 18 heteroatoms. The summed E-state index contributed by atoms with van der Waals surface area (Å²) in [5.74, 6) is -9.32. The molecule has 2 bridgehead atoms. The number of methoxy groups -OCH3 is 3. The zero-order valence-corrected chi connectivity index (χ0v) is 46.8. The number of amides is 1. The fourth-order valence-corrected chi connectivity index (χ4v) is 11.3. The zero-order valence-electron chi connectivity index (χ0n) is 46.8. The van der Waals surface area contributed by atoms with Crippen molar-refractivity contribution < 1.29 is 67.4 Å². The number of ether oxygens (including phenoxy) is 6. The average molecular weight is 1070 g/mol. The quantitative estimate of drug-likeness (QED) is 0.0554. The number of carbonyl (C=O) groups is 6. The van der Waals surface area contributed by atoms with Crippen molar-refractivity contribution in [1.29, 1.82) is 0 Å². The number of aliphatic hydroxyl groups excluding tert-OH is 1. The molecule has 1 saturated carbocycles. The monoisotopic (exact) mass is 1070 g/mol. The minimum Gasteiger partial charge on any atom is -0.460 e. The van der Waals surface area contributed by atoms with Crippen molar-refractivity contribution in [2.75, 3.05) is 27.9 Å². The fourth-order valence-electron chi connectivity index (χ4n) is 11.3. The number of Topliss-reactive ketones (excluding diaryl/α,β-unsaturated/α-hetero) is 3. The summed E-state index contributed by atoms with van der Waals surface area (Å²) in [7, 11) is 4.49. The van der Waals surface area contributed by atoms with Gasteiger partial charge in [-0.1, -0.05) is 100 Å². The lowest BCUT2D eigenvalue weighted by Crippen LogP contribution is -2.61. The van der Waals surface area contributed by atoms with Crippen LogP contribution in [0.4, 0.5) is 5.69 Å². The van der Waals surface area contributed by atoms with E-state index >= 15 is 0 Å². The lowest BCUT2D eigenvalue weighted by molar-refractivity contribution is -0.265. The van der Waals surface area contributed by atoms with Gasteiger partial charge in [-0.15, -0.1) is 0 Å². The molecule has 0 unspecified atom stereocenters. The Morgan fingerprint density at radius 2 is 1.61 bits per heavy atom. The first-order valence-electron chi connectivity index (χ1n) is 27.5. The molecule has 0 spiro atoms. The molecule has 2 N–H and O–H groups in total. The van der Waals surface area contributed by atoms with Gasteiger partial charge in [-0.2, -0.15) is 0 Å². The summed E-state index contributed by atoms with van der Waals surface area (Å²) in [4.78, 5) is 90.2. The SMILES string of the molecule is CO[C@H]1C[C@@H]2CC[C@@H](C)[C@@](O)(O2)C(=O)C(=O)N2CCCC[C@H]2C(=O)O[C@H]([C@H](C)C[C@@H]2CC[C@@H](O)[C@H](OC)C2)CC(=O)[C@H](C)/C=C(\C)[C@@H](OC(=O)Cc2ccc(N=[N+]=[N-])cc2)[C@@H](OC)C(=O)[C@H](C)C[C@H](C)/C=C/C=C/C=C/1C. The van der Waals surface area contributed by atoms with Crippen molar-refractivity contribution in [3.8, 4) is 0 Å². The van der Waals surface area contributed by atoms with Crippen molar-refractivity contribution in [2.45, 2.75) is 186 Å². The summed E-state index contributed by atoms with van der Waals surface area (Å²) in [6.07, 6.45) is 10.2. The molecular formula is C59H84N4O14. The largest absolute Gasteiger partial charge is 0.460 e. The van der Waals surface area contributed by atoms with Crippen molar-refractivity contribution in [3.63, 3.8) is 0 Å². The van der Waals surface area contributed by atoms with Gasteiger partial charge in [0.15, 0.2) is 18.0 Å². The minimum absolute atomic E-state index is 0.0534. The Morgan fingerprint density at radius 3 is 2.29 bits per heavy atom. The number of fused-ring (bicyclic) bond motifs is 3. The van der Waals surface area contributed by atoms with Gasteiger partial charge in [-0.05, 0) is 118 Å². The summed E-state index contributed by atoms with van der Waals surface area (Å²) in [6, 6.07) is 5.21. The molecule has 3 aliphatic heterocycles. The van der Waals surface area contributed by atoms with Crippen LogP contribution >= 0.6 is 0 Å². The number of ketones is 3. The molecule has 0 radical (unpaired) electrons. The molecular weight excluding hydrogens is 989 g/mol. The van der Waals surface area contributed by atoms with Gasteiger partial charge >= 0.3 is 11.9 Å². The van der Waals surface area contributed by atoms with Crippen LogP contribution in [0.25, 0.3) is 10.4 Å². The first kappa shape index (κ1) is 62.5. The van der Waals surface area contributed by atoms with Crippen molar-refractivity contribution in [2.24, 2.45) is 40.6 Å². The highest BCUT2D eigenvalue weighted by Crippen LogP contribution is 2.38. The Balaban J connectivity index is 1.53. The number of aliphatic hydroxyl groups is 2. The number of benzene rings is 1. The van der Waals surface area contributed by atoms with Gasteiger partial charge in [0, 0.05) is 69.1 Å². The second-order valence-corrected chi connectivity index (χ2v) is 22.1. The Bertz CT molecular complexity index is 2380. The van der Waals surface area contributed by atoms with Gasteiger partial charge in [0.25, 0.3) is 11.7 Å². The summed E-state index contributed by atoms with van der Waals surface area (Å²) in [5.41, 5.74) is 11.0. The highest BCUT2D eigenvalue weighted by molar-refractivity contribution is 6.39. The molecule has 1 amide bonds.